The largest absolute Gasteiger partial charge is 0.497 e. The summed E-state index contributed by atoms with van der Waals surface area (Å²) in [7, 11) is 1.64. The summed E-state index contributed by atoms with van der Waals surface area (Å²) in [6, 6.07) is 16.9. The molecule has 0 aliphatic carbocycles. The van der Waals surface area contributed by atoms with E-state index in [1.54, 1.807) is 13.2 Å². The van der Waals surface area contributed by atoms with Crippen molar-refractivity contribution in [3.63, 3.8) is 0 Å². The number of fused-ring (bicyclic) bond motifs is 1. The molecule has 156 valence electrons. The molecule has 3 aromatic rings. The Morgan fingerprint density at radius 2 is 1.70 bits per heavy atom. The summed E-state index contributed by atoms with van der Waals surface area (Å²) in [6.45, 7) is 3.83. The van der Waals surface area contributed by atoms with Crippen molar-refractivity contribution in [3.05, 3.63) is 65.0 Å². The summed E-state index contributed by atoms with van der Waals surface area (Å²) < 4.78 is 12.8. The molecule has 2 fully saturated rings. The molecule has 0 bridgehead atoms. The number of benzene rings is 2. The van der Waals surface area contributed by atoms with Crippen molar-refractivity contribution in [2.75, 3.05) is 38.3 Å². The Morgan fingerprint density at radius 1 is 0.967 bits per heavy atom. The molecule has 30 heavy (non-hydrogen) atoms. The normalized spacial score (nSPS) is 17.8. The van der Waals surface area contributed by atoms with E-state index in [9.17, 15) is 4.79 Å². The van der Waals surface area contributed by atoms with Crippen molar-refractivity contribution in [1.29, 1.82) is 0 Å². The SMILES string of the molecule is COc1ccc2c(=O)ccn(-c3ccc(N4CC(NC5CCOCC5)C4)cc3)c2c1. The van der Waals surface area contributed by atoms with Crippen LogP contribution >= 0.6 is 0 Å². The van der Waals surface area contributed by atoms with E-state index in [0.29, 0.717) is 17.5 Å². The second kappa shape index (κ2) is 8.13. The van der Waals surface area contributed by atoms with Gasteiger partial charge in [-0.1, -0.05) is 0 Å². The van der Waals surface area contributed by atoms with E-state index in [-0.39, 0.29) is 5.43 Å². The first-order chi connectivity index (χ1) is 14.7. The van der Waals surface area contributed by atoms with E-state index in [4.69, 9.17) is 9.47 Å². The van der Waals surface area contributed by atoms with Crippen molar-refractivity contribution in [3.8, 4) is 11.4 Å². The second-order valence-electron chi connectivity index (χ2n) is 8.10. The average molecular weight is 405 g/mol. The molecule has 0 unspecified atom stereocenters. The minimum atomic E-state index is 0.0178. The Morgan fingerprint density at radius 3 is 2.43 bits per heavy atom. The van der Waals surface area contributed by atoms with Crippen LogP contribution in [0.1, 0.15) is 12.8 Å². The number of aromatic nitrogens is 1. The van der Waals surface area contributed by atoms with E-state index in [2.05, 4.69) is 34.5 Å². The van der Waals surface area contributed by atoms with Gasteiger partial charge in [-0.25, -0.2) is 0 Å². The number of rotatable bonds is 5. The summed E-state index contributed by atoms with van der Waals surface area (Å²) in [5, 5.41) is 4.45. The molecular weight excluding hydrogens is 378 g/mol. The van der Waals surface area contributed by atoms with Crippen LogP contribution in [0.2, 0.25) is 0 Å². The molecule has 0 radical (unpaired) electrons. The number of ether oxygens (including phenoxy) is 2. The Bertz CT molecular complexity index is 1080. The quantitative estimate of drug-likeness (QED) is 0.707. The van der Waals surface area contributed by atoms with Crippen molar-refractivity contribution < 1.29 is 9.47 Å². The molecule has 0 atom stereocenters. The van der Waals surface area contributed by atoms with Gasteiger partial charge < -0.3 is 24.3 Å². The van der Waals surface area contributed by atoms with Gasteiger partial charge in [0.25, 0.3) is 0 Å². The van der Waals surface area contributed by atoms with Crippen LogP contribution in [0.5, 0.6) is 5.75 Å². The first-order valence-electron chi connectivity index (χ1n) is 10.6. The highest BCUT2D eigenvalue weighted by Gasteiger charge is 2.29. The molecule has 6 heteroatoms. The number of hydrogen-bond acceptors (Lipinski definition) is 5. The number of pyridine rings is 1. The van der Waals surface area contributed by atoms with Crippen LogP contribution in [-0.2, 0) is 4.74 Å². The first kappa shape index (κ1) is 19.2. The van der Waals surface area contributed by atoms with Crippen molar-refractivity contribution in [2.24, 2.45) is 0 Å². The Hall–Kier alpha value is -2.83. The summed E-state index contributed by atoms with van der Waals surface area (Å²) in [5.74, 6) is 0.738. The highest BCUT2D eigenvalue weighted by molar-refractivity contribution is 5.82. The topological polar surface area (TPSA) is 55.7 Å². The van der Waals surface area contributed by atoms with Crippen LogP contribution in [-0.4, -0.2) is 50.1 Å². The monoisotopic (exact) mass is 405 g/mol. The van der Waals surface area contributed by atoms with Crippen molar-refractivity contribution in [2.45, 2.75) is 24.9 Å². The van der Waals surface area contributed by atoms with Crippen LogP contribution in [0.4, 0.5) is 5.69 Å². The third kappa shape index (κ3) is 3.68. The number of hydrogen-bond donors (Lipinski definition) is 1. The van der Waals surface area contributed by atoms with Crippen LogP contribution < -0.4 is 20.4 Å². The fourth-order valence-electron chi connectivity index (χ4n) is 4.40. The maximum absolute atomic E-state index is 12.3. The van der Waals surface area contributed by atoms with Crippen molar-refractivity contribution >= 4 is 16.6 Å². The molecule has 2 saturated heterocycles. The molecule has 0 saturated carbocycles. The number of methoxy groups -OCH3 is 1. The lowest BCUT2D eigenvalue weighted by Gasteiger charge is -2.43. The zero-order chi connectivity index (χ0) is 20.5. The Balaban J connectivity index is 1.31. The van der Waals surface area contributed by atoms with Gasteiger partial charge in [0.2, 0.25) is 0 Å². The minimum absolute atomic E-state index is 0.0178. The van der Waals surface area contributed by atoms with E-state index in [0.717, 1.165) is 56.1 Å². The standard InChI is InChI=1S/C24H27N3O3/c1-29-21-6-7-22-23(14-21)27(11-8-24(22)28)20-4-2-19(3-5-20)26-15-18(16-26)25-17-9-12-30-13-10-17/h2-8,11,14,17-18,25H,9-10,12-13,15-16H2,1H3. The first-order valence-corrected chi connectivity index (χ1v) is 10.6. The maximum atomic E-state index is 12.3. The lowest BCUT2D eigenvalue weighted by Crippen LogP contribution is -2.60. The number of nitrogens with zero attached hydrogens (tertiary/aromatic N) is 2. The third-order valence-corrected chi connectivity index (χ3v) is 6.17. The van der Waals surface area contributed by atoms with Gasteiger partial charge in [0.1, 0.15) is 5.75 Å². The lowest BCUT2D eigenvalue weighted by molar-refractivity contribution is 0.0737. The minimum Gasteiger partial charge on any atom is -0.497 e. The molecule has 0 spiro atoms. The molecule has 5 rings (SSSR count). The van der Waals surface area contributed by atoms with Gasteiger partial charge in [-0.05, 0) is 49.2 Å². The Kier molecular flexibility index (Phi) is 5.19. The van der Waals surface area contributed by atoms with Gasteiger partial charge in [0.05, 0.1) is 12.6 Å². The molecule has 1 aromatic heterocycles. The highest BCUT2D eigenvalue weighted by atomic mass is 16.5. The number of anilines is 1. The molecule has 0 amide bonds. The molecule has 1 N–H and O–H groups in total. The highest BCUT2D eigenvalue weighted by Crippen LogP contribution is 2.26. The molecule has 2 aromatic carbocycles. The molecule has 2 aliphatic heterocycles. The van der Waals surface area contributed by atoms with Gasteiger partial charge in [0, 0.05) is 73.5 Å². The van der Waals surface area contributed by atoms with Crippen LogP contribution in [0.25, 0.3) is 16.6 Å². The average Bonchev–Trinajstić information content (AvgIpc) is 2.77. The lowest BCUT2D eigenvalue weighted by atomic mass is 10.0. The zero-order valence-electron chi connectivity index (χ0n) is 17.2. The van der Waals surface area contributed by atoms with Gasteiger partial charge in [-0.3, -0.25) is 4.79 Å². The predicted molar refractivity (Wildman–Crippen MR) is 119 cm³/mol. The van der Waals surface area contributed by atoms with Gasteiger partial charge in [-0.2, -0.15) is 0 Å². The Labute approximate surface area is 176 Å². The fraction of sp³-hybridized carbons (Fsp3) is 0.375. The summed E-state index contributed by atoms with van der Waals surface area (Å²) in [6.07, 6.45) is 4.06. The zero-order valence-corrected chi connectivity index (χ0v) is 17.2. The molecule has 6 nitrogen and oxygen atoms in total. The van der Waals surface area contributed by atoms with Gasteiger partial charge in [-0.15, -0.1) is 0 Å². The van der Waals surface area contributed by atoms with Crippen molar-refractivity contribution in [1.82, 2.24) is 9.88 Å². The molecule has 3 heterocycles. The van der Waals surface area contributed by atoms with E-state index >= 15 is 0 Å². The predicted octanol–water partition coefficient (Wildman–Crippen LogP) is 2.96. The van der Waals surface area contributed by atoms with Gasteiger partial charge in [0.15, 0.2) is 5.43 Å². The van der Waals surface area contributed by atoms with Crippen LogP contribution in [0.15, 0.2) is 59.5 Å². The van der Waals surface area contributed by atoms with Crippen LogP contribution in [0.3, 0.4) is 0 Å². The smallest absolute Gasteiger partial charge is 0.189 e. The fourth-order valence-corrected chi connectivity index (χ4v) is 4.40. The van der Waals surface area contributed by atoms with E-state index in [1.807, 2.05) is 29.0 Å². The summed E-state index contributed by atoms with van der Waals surface area (Å²) in [5.41, 5.74) is 3.12. The third-order valence-electron chi connectivity index (χ3n) is 6.17. The van der Waals surface area contributed by atoms with Gasteiger partial charge >= 0.3 is 0 Å². The van der Waals surface area contributed by atoms with E-state index < -0.39 is 0 Å². The number of nitrogens with one attached hydrogen (secondary N) is 1. The van der Waals surface area contributed by atoms with E-state index in [1.165, 1.54) is 5.69 Å². The second-order valence-corrected chi connectivity index (χ2v) is 8.10. The molecule has 2 aliphatic rings. The summed E-state index contributed by atoms with van der Waals surface area (Å²) in [4.78, 5) is 14.6. The van der Waals surface area contributed by atoms with Crippen LogP contribution in [0, 0.1) is 0 Å². The molecular formula is C24H27N3O3. The summed E-state index contributed by atoms with van der Waals surface area (Å²) >= 11 is 0. The maximum Gasteiger partial charge on any atom is 0.189 e.